The van der Waals surface area contributed by atoms with Crippen molar-refractivity contribution >= 4 is 5.97 Å². The van der Waals surface area contributed by atoms with Crippen LogP contribution < -0.4 is 0 Å². The fourth-order valence-corrected chi connectivity index (χ4v) is 1.42. The van der Waals surface area contributed by atoms with Gasteiger partial charge in [-0.2, -0.15) is 0 Å². The second-order valence-corrected chi connectivity index (χ2v) is 3.37. The van der Waals surface area contributed by atoms with Crippen molar-refractivity contribution in [3.63, 3.8) is 0 Å². The number of ether oxygens (including phenoxy) is 1. The van der Waals surface area contributed by atoms with E-state index in [1.54, 1.807) is 0 Å². The van der Waals surface area contributed by atoms with Crippen LogP contribution in [-0.2, 0) is 9.53 Å². The SMILES string of the molecule is CCCC(=CCC(=O)OCC)CCC. The number of carbonyl (C=O) groups is 1. The summed E-state index contributed by atoms with van der Waals surface area (Å²) in [5.74, 6) is -0.114. The summed E-state index contributed by atoms with van der Waals surface area (Å²) in [4.78, 5) is 11.1. The van der Waals surface area contributed by atoms with E-state index in [-0.39, 0.29) is 5.97 Å². The predicted molar refractivity (Wildman–Crippen MR) is 59.1 cm³/mol. The minimum absolute atomic E-state index is 0.114. The van der Waals surface area contributed by atoms with E-state index in [9.17, 15) is 4.79 Å². The molecular formula is C12H22O2. The van der Waals surface area contributed by atoms with Crippen molar-refractivity contribution in [3.05, 3.63) is 11.6 Å². The Kier molecular flexibility index (Phi) is 8.30. The van der Waals surface area contributed by atoms with Crippen LogP contribution in [0.25, 0.3) is 0 Å². The van der Waals surface area contributed by atoms with E-state index in [0.717, 1.165) is 25.7 Å². The third-order valence-electron chi connectivity index (χ3n) is 2.00. The van der Waals surface area contributed by atoms with Gasteiger partial charge >= 0.3 is 5.97 Å². The Bertz CT molecular complexity index is 175. The van der Waals surface area contributed by atoms with E-state index in [1.807, 2.05) is 13.0 Å². The molecular weight excluding hydrogens is 176 g/mol. The normalized spacial score (nSPS) is 9.64. The zero-order chi connectivity index (χ0) is 10.8. The molecule has 0 aliphatic heterocycles. The van der Waals surface area contributed by atoms with Gasteiger partial charge in [-0.05, 0) is 19.8 Å². The molecule has 0 rings (SSSR count). The molecule has 0 fully saturated rings. The summed E-state index contributed by atoms with van der Waals surface area (Å²) in [6, 6.07) is 0. The summed E-state index contributed by atoms with van der Waals surface area (Å²) in [6.45, 7) is 6.63. The van der Waals surface area contributed by atoms with Crippen molar-refractivity contribution in [2.45, 2.75) is 52.9 Å². The van der Waals surface area contributed by atoms with Gasteiger partial charge in [0.2, 0.25) is 0 Å². The molecule has 0 heterocycles. The molecule has 0 unspecified atom stereocenters. The molecule has 0 spiro atoms. The van der Waals surface area contributed by atoms with E-state index in [4.69, 9.17) is 4.74 Å². The first kappa shape index (κ1) is 13.2. The molecule has 0 saturated carbocycles. The van der Waals surface area contributed by atoms with Gasteiger partial charge in [0, 0.05) is 0 Å². The molecule has 0 bridgehead atoms. The lowest BCUT2D eigenvalue weighted by molar-refractivity contribution is -0.142. The molecule has 14 heavy (non-hydrogen) atoms. The van der Waals surface area contributed by atoms with Crippen molar-refractivity contribution in [2.75, 3.05) is 6.61 Å². The Labute approximate surface area is 87.3 Å². The summed E-state index contributed by atoms with van der Waals surface area (Å²) in [7, 11) is 0. The lowest BCUT2D eigenvalue weighted by atomic mass is 10.0. The van der Waals surface area contributed by atoms with Gasteiger partial charge < -0.3 is 4.74 Å². The van der Waals surface area contributed by atoms with Crippen LogP contribution in [0.2, 0.25) is 0 Å². The van der Waals surface area contributed by atoms with Crippen molar-refractivity contribution in [3.8, 4) is 0 Å². The lowest BCUT2D eigenvalue weighted by Gasteiger charge is -2.04. The zero-order valence-corrected chi connectivity index (χ0v) is 9.64. The molecule has 0 atom stereocenters. The quantitative estimate of drug-likeness (QED) is 0.462. The predicted octanol–water partition coefficient (Wildman–Crippen LogP) is 3.47. The van der Waals surface area contributed by atoms with Crippen LogP contribution in [0, 0.1) is 0 Å². The first-order valence-corrected chi connectivity index (χ1v) is 5.58. The third-order valence-corrected chi connectivity index (χ3v) is 2.00. The molecule has 82 valence electrons. The van der Waals surface area contributed by atoms with Crippen LogP contribution in [0.5, 0.6) is 0 Å². The highest BCUT2D eigenvalue weighted by atomic mass is 16.5. The fraction of sp³-hybridized carbons (Fsp3) is 0.750. The summed E-state index contributed by atoms with van der Waals surface area (Å²) >= 11 is 0. The van der Waals surface area contributed by atoms with Crippen molar-refractivity contribution < 1.29 is 9.53 Å². The van der Waals surface area contributed by atoms with Gasteiger partial charge in [0.05, 0.1) is 13.0 Å². The Morgan fingerprint density at radius 1 is 1.14 bits per heavy atom. The molecule has 2 nitrogen and oxygen atoms in total. The van der Waals surface area contributed by atoms with E-state index in [0.29, 0.717) is 13.0 Å². The van der Waals surface area contributed by atoms with Crippen LogP contribution in [0.4, 0.5) is 0 Å². The second-order valence-electron chi connectivity index (χ2n) is 3.37. The van der Waals surface area contributed by atoms with E-state index >= 15 is 0 Å². The first-order valence-electron chi connectivity index (χ1n) is 5.58. The average molecular weight is 198 g/mol. The second kappa shape index (κ2) is 8.79. The number of esters is 1. The maximum Gasteiger partial charge on any atom is 0.309 e. The van der Waals surface area contributed by atoms with Gasteiger partial charge in [-0.15, -0.1) is 0 Å². The summed E-state index contributed by atoms with van der Waals surface area (Å²) < 4.78 is 4.87. The number of hydrogen-bond donors (Lipinski definition) is 0. The molecule has 0 aliphatic carbocycles. The van der Waals surface area contributed by atoms with Crippen LogP contribution in [0.3, 0.4) is 0 Å². The monoisotopic (exact) mass is 198 g/mol. The molecule has 2 heteroatoms. The Morgan fingerprint density at radius 3 is 2.14 bits per heavy atom. The minimum Gasteiger partial charge on any atom is -0.466 e. The van der Waals surface area contributed by atoms with Gasteiger partial charge in [0.25, 0.3) is 0 Å². The molecule has 0 aliphatic rings. The molecule has 0 aromatic heterocycles. The largest absolute Gasteiger partial charge is 0.466 e. The number of rotatable bonds is 7. The minimum atomic E-state index is -0.114. The number of carbonyl (C=O) groups excluding carboxylic acids is 1. The van der Waals surface area contributed by atoms with Crippen LogP contribution in [0.15, 0.2) is 11.6 Å². The summed E-state index contributed by atoms with van der Waals surface area (Å²) in [5.41, 5.74) is 1.39. The lowest BCUT2D eigenvalue weighted by Crippen LogP contribution is -2.02. The van der Waals surface area contributed by atoms with Crippen molar-refractivity contribution in [1.82, 2.24) is 0 Å². The summed E-state index contributed by atoms with van der Waals surface area (Å²) in [6.07, 6.45) is 6.97. The van der Waals surface area contributed by atoms with Crippen LogP contribution >= 0.6 is 0 Å². The number of hydrogen-bond acceptors (Lipinski definition) is 2. The maximum absolute atomic E-state index is 11.1. The summed E-state index contributed by atoms with van der Waals surface area (Å²) in [5, 5.41) is 0. The van der Waals surface area contributed by atoms with Crippen LogP contribution in [0.1, 0.15) is 52.9 Å². The molecule has 0 radical (unpaired) electrons. The van der Waals surface area contributed by atoms with Gasteiger partial charge in [0.1, 0.15) is 0 Å². The van der Waals surface area contributed by atoms with Crippen molar-refractivity contribution in [1.29, 1.82) is 0 Å². The molecule has 0 N–H and O–H groups in total. The fourth-order valence-electron chi connectivity index (χ4n) is 1.42. The molecule has 0 saturated heterocycles. The first-order chi connectivity index (χ1) is 6.74. The highest BCUT2D eigenvalue weighted by molar-refractivity contribution is 5.71. The molecule has 0 aromatic carbocycles. The Hall–Kier alpha value is -0.790. The third kappa shape index (κ3) is 6.70. The molecule has 0 amide bonds. The van der Waals surface area contributed by atoms with E-state index < -0.39 is 0 Å². The Morgan fingerprint density at radius 2 is 1.71 bits per heavy atom. The maximum atomic E-state index is 11.1. The zero-order valence-electron chi connectivity index (χ0n) is 9.64. The smallest absolute Gasteiger partial charge is 0.309 e. The number of allylic oxidation sites excluding steroid dienone is 1. The Balaban J connectivity index is 3.93. The van der Waals surface area contributed by atoms with Gasteiger partial charge in [-0.1, -0.05) is 38.3 Å². The molecule has 0 aromatic rings. The topological polar surface area (TPSA) is 26.3 Å². The van der Waals surface area contributed by atoms with Gasteiger partial charge in [-0.25, -0.2) is 0 Å². The standard InChI is InChI=1S/C12H22O2/c1-4-7-11(8-5-2)9-10-12(13)14-6-3/h9H,4-8,10H2,1-3H3. The highest BCUT2D eigenvalue weighted by Gasteiger charge is 2.00. The average Bonchev–Trinajstić information content (AvgIpc) is 2.15. The van der Waals surface area contributed by atoms with Crippen LogP contribution in [-0.4, -0.2) is 12.6 Å². The van der Waals surface area contributed by atoms with Gasteiger partial charge in [-0.3, -0.25) is 4.79 Å². The highest BCUT2D eigenvalue weighted by Crippen LogP contribution is 2.12. The van der Waals surface area contributed by atoms with E-state index in [1.165, 1.54) is 5.57 Å². The van der Waals surface area contributed by atoms with Gasteiger partial charge in [0.15, 0.2) is 0 Å². The van der Waals surface area contributed by atoms with E-state index in [2.05, 4.69) is 13.8 Å². The van der Waals surface area contributed by atoms with Crippen molar-refractivity contribution in [2.24, 2.45) is 0 Å².